The van der Waals surface area contributed by atoms with Crippen LogP contribution in [0.25, 0.3) is 10.2 Å². The molecular formula is C12H13NO2S. The standard InChI is InChI=1S/C12H13NO2S/c1-6-3-4-8-9(5-6)16-11-10(8)12(14)15-7(2)13-11/h6H,3-5H2,1-2H3/t6-/m0/s1. The van der Waals surface area contributed by atoms with Crippen molar-refractivity contribution in [1.29, 1.82) is 0 Å². The Morgan fingerprint density at radius 1 is 1.50 bits per heavy atom. The number of hydrogen-bond donors (Lipinski definition) is 0. The first-order valence-electron chi connectivity index (χ1n) is 5.57. The quantitative estimate of drug-likeness (QED) is 0.705. The third-order valence-electron chi connectivity index (χ3n) is 3.20. The van der Waals surface area contributed by atoms with E-state index in [9.17, 15) is 4.79 Å². The van der Waals surface area contributed by atoms with E-state index in [1.54, 1.807) is 18.3 Å². The highest BCUT2D eigenvalue weighted by Gasteiger charge is 2.23. The fourth-order valence-corrected chi connectivity index (χ4v) is 3.79. The predicted molar refractivity (Wildman–Crippen MR) is 64.1 cm³/mol. The molecule has 4 heteroatoms. The van der Waals surface area contributed by atoms with E-state index in [4.69, 9.17) is 4.42 Å². The van der Waals surface area contributed by atoms with Gasteiger partial charge in [0.05, 0.1) is 0 Å². The Labute approximate surface area is 97.1 Å². The Kier molecular flexibility index (Phi) is 2.14. The minimum Gasteiger partial charge on any atom is -0.408 e. The zero-order valence-electron chi connectivity index (χ0n) is 9.37. The van der Waals surface area contributed by atoms with Crippen molar-refractivity contribution in [2.45, 2.75) is 33.1 Å². The maximum Gasteiger partial charge on any atom is 0.348 e. The van der Waals surface area contributed by atoms with Gasteiger partial charge in [0.2, 0.25) is 0 Å². The summed E-state index contributed by atoms with van der Waals surface area (Å²) in [6.45, 7) is 3.98. The average Bonchev–Trinajstić information content (AvgIpc) is 2.54. The molecule has 3 nitrogen and oxygen atoms in total. The zero-order chi connectivity index (χ0) is 11.3. The van der Waals surface area contributed by atoms with E-state index in [1.807, 2.05) is 0 Å². The molecular weight excluding hydrogens is 222 g/mol. The van der Waals surface area contributed by atoms with Crippen LogP contribution in [0.3, 0.4) is 0 Å². The molecule has 2 aromatic rings. The van der Waals surface area contributed by atoms with Gasteiger partial charge < -0.3 is 4.42 Å². The van der Waals surface area contributed by atoms with E-state index in [0.29, 0.717) is 11.8 Å². The summed E-state index contributed by atoms with van der Waals surface area (Å²) in [5.41, 5.74) is 0.980. The largest absolute Gasteiger partial charge is 0.408 e. The van der Waals surface area contributed by atoms with Crippen molar-refractivity contribution >= 4 is 21.6 Å². The maximum atomic E-state index is 11.8. The number of hydrogen-bond acceptors (Lipinski definition) is 4. The van der Waals surface area contributed by atoms with Crippen LogP contribution in [0.2, 0.25) is 0 Å². The van der Waals surface area contributed by atoms with Crippen molar-refractivity contribution in [3.63, 3.8) is 0 Å². The normalized spacial score (nSPS) is 20.0. The first-order chi connectivity index (χ1) is 7.65. The Bertz CT molecular complexity index is 611. The Morgan fingerprint density at radius 3 is 3.12 bits per heavy atom. The van der Waals surface area contributed by atoms with E-state index in [2.05, 4.69) is 11.9 Å². The Hall–Kier alpha value is -1.16. The van der Waals surface area contributed by atoms with E-state index in [0.717, 1.165) is 29.5 Å². The van der Waals surface area contributed by atoms with Gasteiger partial charge in [-0.1, -0.05) is 6.92 Å². The molecule has 16 heavy (non-hydrogen) atoms. The van der Waals surface area contributed by atoms with Crippen LogP contribution in [0.5, 0.6) is 0 Å². The molecule has 0 radical (unpaired) electrons. The monoisotopic (exact) mass is 235 g/mol. The van der Waals surface area contributed by atoms with Gasteiger partial charge in [-0.25, -0.2) is 9.78 Å². The van der Waals surface area contributed by atoms with Crippen LogP contribution in [0, 0.1) is 12.8 Å². The summed E-state index contributed by atoms with van der Waals surface area (Å²) < 4.78 is 5.08. The second kappa shape index (κ2) is 3.42. The van der Waals surface area contributed by atoms with Crippen molar-refractivity contribution in [2.75, 3.05) is 0 Å². The lowest BCUT2D eigenvalue weighted by Gasteiger charge is -2.17. The van der Waals surface area contributed by atoms with Gasteiger partial charge in [-0.05, 0) is 30.7 Å². The summed E-state index contributed by atoms with van der Waals surface area (Å²) in [6, 6.07) is 0. The Morgan fingerprint density at radius 2 is 2.31 bits per heavy atom. The molecule has 0 saturated heterocycles. The lowest BCUT2D eigenvalue weighted by molar-refractivity contribution is 0.465. The first kappa shape index (κ1) is 10.0. The molecule has 1 aliphatic carbocycles. The molecule has 2 aromatic heterocycles. The maximum absolute atomic E-state index is 11.8. The summed E-state index contributed by atoms with van der Waals surface area (Å²) >= 11 is 1.66. The highest BCUT2D eigenvalue weighted by molar-refractivity contribution is 7.18. The summed E-state index contributed by atoms with van der Waals surface area (Å²) in [5.74, 6) is 1.18. The summed E-state index contributed by atoms with van der Waals surface area (Å²) in [5, 5.41) is 0.734. The second-order valence-electron chi connectivity index (χ2n) is 4.55. The summed E-state index contributed by atoms with van der Waals surface area (Å²) in [6.07, 6.45) is 3.23. The highest BCUT2D eigenvalue weighted by Crippen LogP contribution is 2.35. The summed E-state index contributed by atoms with van der Waals surface area (Å²) in [4.78, 5) is 18.3. The van der Waals surface area contributed by atoms with Crippen molar-refractivity contribution in [3.05, 3.63) is 26.8 Å². The molecule has 1 atom stereocenters. The third-order valence-corrected chi connectivity index (χ3v) is 4.34. The fourth-order valence-electron chi connectivity index (χ4n) is 2.38. The molecule has 0 saturated carbocycles. The minimum absolute atomic E-state index is 0.213. The van der Waals surface area contributed by atoms with Crippen LogP contribution < -0.4 is 5.63 Å². The van der Waals surface area contributed by atoms with Crippen molar-refractivity contribution in [2.24, 2.45) is 5.92 Å². The smallest absolute Gasteiger partial charge is 0.348 e. The van der Waals surface area contributed by atoms with E-state index >= 15 is 0 Å². The third kappa shape index (κ3) is 1.40. The van der Waals surface area contributed by atoms with Gasteiger partial charge in [0.25, 0.3) is 0 Å². The molecule has 2 heterocycles. The molecule has 0 N–H and O–H groups in total. The Balaban J connectivity index is 2.33. The average molecular weight is 235 g/mol. The minimum atomic E-state index is -0.213. The van der Waals surface area contributed by atoms with E-state index < -0.39 is 0 Å². The van der Waals surface area contributed by atoms with E-state index in [1.165, 1.54) is 10.4 Å². The van der Waals surface area contributed by atoms with E-state index in [-0.39, 0.29) is 5.63 Å². The number of nitrogens with zero attached hydrogens (tertiary/aromatic N) is 1. The van der Waals surface area contributed by atoms with Gasteiger partial charge >= 0.3 is 5.63 Å². The molecule has 0 aromatic carbocycles. The second-order valence-corrected chi connectivity index (χ2v) is 5.64. The van der Waals surface area contributed by atoms with Crippen molar-refractivity contribution in [1.82, 2.24) is 4.98 Å². The van der Waals surface area contributed by atoms with Gasteiger partial charge in [0.15, 0.2) is 5.89 Å². The van der Waals surface area contributed by atoms with Gasteiger partial charge in [0.1, 0.15) is 10.2 Å². The number of rotatable bonds is 0. The van der Waals surface area contributed by atoms with Crippen LogP contribution >= 0.6 is 11.3 Å². The van der Waals surface area contributed by atoms with Crippen molar-refractivity contribution in [3.8, 4) is 0 Å². The molecule has 0 fully saturated rings. The van der Waals surface area contributed by atoms with Gasteiger partial charge in [-0.3, -0.25) is 0 Å². The lowest BCUT2D eigenvalue weighted by Crippen LogP contribution is -2.11. The molecule has 84 valence electrons. The van der Waals surface area contributed by atoms with Crippen LogP contribution in [-0.4, -0.2) is 4.98 Å². The van der Waals surface area contributed by atoms with Crippen molar-refractivity contribution < 1.29 is 4.42 Å². The highest BCUT2D eigenvalue weighted by atomic mass is 32.1. The first-order valence-corrected chi connectivity index (χ1v) is 6.39. The number of aromatic nitrogens is 1. The molecule has 0 amide bonds. The number of fused-ring (bicyclic) bond motifs is 3. The molecule has 0 bridgehead atoms. The molecule has 0 unspecified atom stereocenters. The molecule has 0 spiro atoms. The lowest BCUT2D eigenvalue weighted by atomic mass is 9.89. The van der Waals surface area contributed by atoms with Crippen LogP contribution in [-0.2, 0) is 12.8 Å². The van der Waals surface area contributed by atoms with Gasteiger partial charge in [-0.15, -0.1) is 11.3 Å². The topological polar surface area (TPSA) is 43.1 Å². The van der Waals surface area contributed by atoms with Gasteiger partial charge in [-0.2, -0.15) is 0 Å². The SMILES string of the molecule is Cc1nc2sc3c(c2c(=O)o1)CC[C@H](C)C3. The fraction of sp³-hybridized carbons (Fsp3) is 0.500. The number of aryl methyl sites for hydroxylation is 2. The summed E-state index contributed by atoms with van der Waals surface area (Å²) in [7, 11) is 0. The van der Waals surface area contributed by atoms with Gasteiger partial charge in [0, 0.05) is 11.8 Å². The zero-order valence-corrected chi connectivity index (χ0v) is 10.2. The molecule has 3 rings (SSSR count). The van der Waals surface area contributed by atoms with Crippen LogP contribution in [0.15, 0.2) is 9.21 Å². The molecule has 0 aliphatic heterocycles. The predicted octanol–water partition coefficient (Wildman–Crippen LogP) is 2.68. The van der Waals surface area contributed by atoms with Crippen LogP contribution in [0.1, 0.15) is 29.7 Å². The number of thiophene rings is 1. The molecule has 1 aliphatic rings. The van der Waals surface area contributed by atoms with Crippen LogP contribution in [0.4, 0.5) is 0 Å².